The van der Waals surface area contributed by atoms with E-state index in [1.165, 1.54) is 0 Å². The van der Waals surface area contributed by atoms with Gasteiger partial charge in [-0.25, -0.2) is 0 Å². The van der Waals surface area contributed by atoms with Crippen molar-refractivity contribution in [3.63, 3.8) is 0 Å². The molecule has 0 saturated carbocycles. The number of para-hydroxylation sites is 3. The highest BCUT2D eigenvalue weighted by Crippen LogP contribution is 2.39. The van der Waals surface area contributed by atoms with Gasteiger partial charge >= 0.3 is 0 Å². The molecule has 6 aromatic carbocycles. The van der Waals surface area contributed by atoms with Crippen molar-refractivity contribution in [2.45, 2.75) is 0 Å². The molecular formula is C38H21N3O. The highest BCUT2D eigenvalue weighted by Gasteiger charge is 2.19. The van der Waals surface area contributed by atoms with Crippen molar-refractivity contribution in [2.75, 3.05) is 0 Å². The maximum Gasteiger partial charge on any atom is 0.135 e. The van der Waals surface area contributed by atoms with Crippen LogP contribution in [0.15, 0.2) is 132 Å². The van der Waals surface area contributed by atoms with Gasteiger partial charge in [0.2, 0.25) is 0 Å². The first-order chi connectivity index (χ1) is 20.7. The number of nitrogens with zero attached hydrogens (tertiary/aromatic N) is 3. The number of benzene rings is 6. The molecule has 0 unspecified atom stereocenters. The third-order valence-corrected chi connectivity index (χ3v) is 8.09. The van der Waals surface area contributed by atoms with Crippen molar-refractivity contribution < 1.29 is 4.42 Å². The Morgan fingerprint density at radius 3 is 2.05 bits per heavy atom. The van der Waals surface area contributed by atoms with Crippen LogP contribution in [0.25, 0.3) is 71.7 Å². The Morgan fingerprint density at radius 2 is 1.21 bits per heavy atom. The van der Waals surface area contributed by atoms with Crippen molar-refractivity contribution in [2.24, 2.45) is 0 Å². The van der Waals surface area contributed by atoms with Gasteiger partial charge in [-0.3, -0.25) is 0 Å². The summed E-state index contributed by atoms with van der Waals surface area (Å²) in [5.74, 6) is 0. The van der Waals surface area contributed by atoms with Gasteiger partial charge in [-0.2, -0.15) is 10.5 Å². The SMILES string of the molecule is N#Cc1ccc2c(c1)c1ccccc1n2-c1c(C#N)cccc1-c1ccc(-c2ccc3oc4ccccc4c3c2)cc1. The molecule has 0 amide bonds. The lowest BCUT2D eigenvalue weighted by Crippen LogP contribution is -2.00. The van der Waals surface area contributed by atoms with E-state index >= 15 is 0 Å². The van der Waals surface area contributed by atoms with Crippen LogP contribution in [0, 0.1) is 22.7 Å². The molecule has 0 bridgehead atoms. The molecule has 0 N–H and O–H groups in total. The summed E-state index contributed by atoms with van der Waals surface area (Å²) in [6.45, 7) is 0. The Bertz CT molecular complexity index is 2430. The zero-order valence-electron chi connectivity index (χ0n) is 22.4. The molecular weight excluding hydrogens is 514 g/mol. The highest BCUT2D eigenvalue weighted by atomic mass is 16.3. The summed E-state index contributed by atoms with van der Waals surface area (Å²) in [7, 11) is 0. The van der Waals surface area contributed by atoms with Crippen LogP contribution in [-0.4, -0.2) is 4.57 Å². The fraction of sp³-hybridized carbons (Fsp3) is 0. The summed E-state index contributed by atoms with van der Waals surface area (Å²) in [6.07, 6.45) is 0. The van der Waals surface area contributed by atoms with Gasteiger partial charge in [-0.1, -0.05) is 78.9 Å². The number of rotatable bonds is 3. The molecule has 0 saturated heterocycles. The molecule has 0 aliphatic carbocycles. The van der Waals surface area contributed by atoms with Crippen LogP contribution >= 0.6 is 0 Å². The Hall–Kier alpha value is -6.10. The molecule has 8 rings (SSSR count). The van der Waals surface area contributed by atoms with Crippen LogP contribution in [0.1, 0.15) is 11.1 Å². The van der Waals surface area contributed by atoms with Crippen molar-refractivity contribution >= 4 is 43.7 Å². The van der Waals surface area contributed by atoms with Gasteiger partial charge in [0.05, 0.1) is 33.9 Å². The van der Waals surface area contributed by atoms with Gasteiger partial charge in [0.15, 0.2) is 0 Å². The first-order valence-corrected chi connectivity index (χ1v) is 13.7. The van der Waals surface area contributed by atoms with E-state index in [-0.39, 0.29) is 0 Å². The second-order valence-electron chi connectivity index (χ2n) is 10.4. The molecule has 8 aromatic rings. The Labute approximate surface area is 241 Å². The van der Waals surface area contributed by atoms with Crippen molar-refractivity contribution in [1.29, 1.82) is 10.5 Å². The maximum atomic E-state index is 10.2. The van der Waals surface area contributed by atoms with Gasteiger partial charge < -0.3 is 8.98 Å². The minimum absolute atomic E-state index is 0.584. The zero-order valence-corrected chi connectivity index (χ0v) is 22.4. The van der Waals surface area contributed by atoms with Crippen molar-refractivity contribution in [3.8, 4) is 40.1 Å². The Morgan fingerprint density at radius 1 is 0.500 bits per heavy atom. The lowest BCUT2D eigenvalue weighted by Gasteiger charge is -2.16. The molecule has 4 nitrogen and oxygen atoms in total. The first-order valence-electron chi connectivity index (χ1n) is 13.7. The van der Waals surface area contributed by atoms with Crippen LogP contribution in [-0.2, 0) is 0 Å². The van der Waals surface area contributed by atoms with E-state index in [2.05, 4.69) is 77.4 Å². The molecule has 2 heterocycles. The lowest BCUT2D eigenvalue weighted by atomic mass is 9.96. The van der Waals surface area contributed by atoms with Crippen LogP contribution in [0.4, 0.5) is 0 Å². The summed E-state index contributed by atoms with van der Waals surface area (Å²) >= 11 is 0. The molecule has 0 atom stereocenters. The van der Waals surface area contributed by atoms with E-state index in [1.54, 1.807) is 0 Å². The average molecular weight is 536 g/mol. The van der Waals surface area contributed by atoms with Crippen LogP contribution in [0.3, 0.4) is 0 Å². The van der Waals surface area contributed by atoms with Crippen molar-refractivity contribution in [1.82, 2.24) is 4.57 Å². The number of hydrogen-bond donors (Lipinski definition) is 0. The second-order valence-corrected chi connectivity index (χ2v) is 10.4. The first kappa shape index (κ1) is 23.8. The fourth-order valence-electron chi connectivity index (χ4n) is 6.14. The van der Waals surface area contributed by atoms with E-state index in [9.17, 15) is 10.5 Å². The van der Waals surface area contributed by atoms with E-state index in [1.807, 2.05) is 66.7 Å². The Kier molecular flexibility index (Phi) is 5.22. The Balaban J connectivity index is 1.30. The minimum atomic E-state index is 0.584. The molecule has 0 spiro atoms. The molecule has 0 radical (unpaired) electrons. The van der Waals surface area contributed by atoms with Gasteiger partial charge in [0.25, 0.3) is 0 Å². The van der Waals surface area contributed by atoms with E-state index in [0.717, 1.165) is 71.7 Å². The smallest absolute Gasteiger partial charge is 0.135 e. The molecule has 42 heavy (non-hydrogen) atoms. The third kappa shape index (κ3) is 3.53. The van der Waals surface area contributed by atoms with E-state index < -0.39 is 0 Å². The molecule has 0 aliphatic rings. The lowest BCUT2D eigenvalue weighted by molar-refractivity contribution is 0.669. The maximum absolute atomic E-state index is 10.2. The van der Waals surface area contributed by atoms with Gasteiger partial charge in [-0.15, -0.1) is 0 Å². The molecule has 0 aliphatic heterocycles. The monoisotopic (exact) mass is 535 g/mol. The van der Waals surface area contributed by atoms with Gasteiger partial charge in [0.1, 0.15) is 17.2 Å². The standard InChI is InChI=1S/C38H21N3O/c39-22-24-12-18-35-32(20-24)30-7-1-3-10-34(30)41(35)38-28(23-40)6-5-9-29(38)26-15-13-25(14-16-26)27-17-19-37-33(21-27)31-8-2-4-11-36(31)42-37/h1-21H. The number of hydrogen-bond acceptors (Lipinski definition) is 3. The minimum Gasteiger partial charge on any atom is -0.456 e. The number of fused-ring (bicyclic) bond motifs is 6. The normalized spacial score (nSPS) is 11.3. The molecule has 194 valence electrons. The second kappa shape index (κ2) is 9.24. The molecule has 4 heteroatoms. The van der Waals surface area contributed by atoms with Gasteiger partial charge in [-0.05, 0) is 65.2 Å². The summed E-state index contributed by atoms with van der Waals surface area (Å²) in [4.78, 5) is 0. The van der Waals surface area contributed by atoms with Gasteiger partial charge in [0, 0.05) is 27.1 Å². The summed E-state index contributed by atoms with van der Waals surface area (Å²) in [6, 6.07) is 47.4. The van der Waals surface area contributed by atoms with Crippen LogP contribution < -0.4 is 0 Å². The largest absolute Gasteiger partial charge is 0.456 e. The number of aromatic nitrogens is 1. The molecule has 0 fully saturated rings. The van der Waals surface area contributed by atoms with E-state index in [4.69, 9.17) is 4.42 Å². The molecule has 2 aromatic heterocycles. The van der Waals surface area contributed by atoms with Crippen molar-refractivity contribution in [3.05, 3.63) is 139 Å². The fourth-order valence-corrected chi connectivity index (χ4v) is 6.14. The summed E-state index contributed by atoms with van der Waals surface area (Å²) < 4.78 is 8.18. The third-order valence-electron chi connectivity index (χ3n) is 8.09. The topological polar surface area (TPSA) is 65.7 Å². The number of furan rings is 1. The predicted octanol–water partition coefficient (Wildman–Crippen LogP) is 9.76. The van der Waals surface area contributed by atoms with Crippen LogP contribution in [0.5, 0.6) is 0 Å². The van der Waals surface area contributed by atoms with E-state index in [0.29, 0.717) is 11.1 Å². The highest BCUT2D eigenvalue weighted by molar-refractivity contribution is 6.10. The van der Waals surface area contributed by atoms with Crippen LogP contribution in [0.2, 0.25) is 0 Å². The quantitative estimate of drug-likeness (QED) is 0.226. The average Bonchev–Trinajstić information content (AvgIpc) is 3.59. The summed E-state index contributed by atoms with van der Waals surface area (Å²) in [5.41, 5.74) is 9.92. The zero-order chi connectivity index (χ0) is 28.2. The number of nitriles is 2. The summed E-state index contributed by atoms with van der Waals surface area (Å²) in [5, 5.41) is 24.0. The predicted molar refractivity (Wildman–Crippen MR) is 168 cm³/mol.